The molecule has 0 amide bonds. The molecule has 0 aliphatic heterocycles. The molecule has 0 aromatic heterocycles. The van der Waals surface area contributed by atoms with E-state index < -0.39 is 41.9 Å². The maximum Gasteiger partial charge on any atom is 0.392 e. The number of hydrogen-bond donors (Lipinski definition) is 0. The van der Waals surface area contributed by atoms with Crippen molar-refractivity contribution in [1.29, 1.82) is 0 Å². The van der Waals surface area contributed by atoms with Gasteiger partial charge in [-0.15, -0.1) is 0 Å². The molecule has 0 aromatic rings. The lowest BCUT2D eigenvalue weighted by molar-refractivity contribution is -0.265. The molecule has 16 heavy (non-hydrogen) atoms. The molecule has 0 heterocycles. The normalized spacial score (nSPS) is 44.1. The highest BCUT2D eigenvalue weighted by molar-refractivity contribution is 5.04. The summed E-state index contributed by atoms with van der Waals surface area (Å²) in [5.74, 6) is -6.49. The fraction of sp³-hybridized carbons (Fsp3) is 1.00. The van der Waals surface area contributed by atoms with E-state index in [1.54, 1.807) is 0 Å². The largest absolute Gasteiger partial charge is 0.392 e. The average Bonchev–Trinajstić information content (AvgIpc) is 2.56. The highest BCUT2D eigenvalue weighted by Gasteiger charge is 2.68. The van der Waals surface area contributed by atoms with Crippen LogP contribution in [0.4, 0.5) is 26.3 Å². The van der Waals surface area contributed by atoms with Crippen LogP contribution in [0, 0.1) is 29.6 Å². The van der Waals surface area contributed by atoms with Gasteiger partial charge in [-0.05, 0) is 30.6 Å². The van der Waals surface area contributed by atoms with Crippen molar-refractivity contribution < 1.29 is 26.3 Å². The molecule has 2 rings (SSSR count). The van der Waals surface area contributed by atoms with Gasteiger partial charge in [0.05, 0.1) is 11.8 Å². The highest BCUT2D eigenvalue weighted by atomic mass is 19.4. The van der Waals surface area contributed by atoms with Crippen LogP contribution in [0.3, 0.4) is 0 Å². The summed E-state index contributed by atoms with van der Waals surface area (Å²) in [6.07, 6.45) is -8.90. The molecule has 0 spiro atoms. The van der Waals surface area contributed by atoms with Gasteiger partial charge >= 0.3 is 12.4 Å². The van der Waals surface area contributed by atoms with Crippen LogP contribution in [-0.4, -0.2) is 12.4 Å². The van der Waals surface area contributed by atoms with Crippen LogP contribution in [0.2, 0.25) is 0 Å². The zero-order chi connectivity index (χ0) is 12.3. The van der Waals surface area contributed by atoms with E-state index in [0.29, 0.717) is 0 Å². The Kier molecular flexibility index (Phi) is 2.48. The monoisotopic (exact) mass is 246 g/mol. The summed E-state index contributed by atoms with van der Waals surface area (Å²) < 4.78 is 76.0. The summed E-state index contributed by atoms with van der Waals surface area (Å²) in [5, 5.41) is 0. The van der Waals surface area contributed by atoms with Crippen LogP contribution in [0.25, 0.3) is 0 Å². The van der Waals surface area contributed by atoms with Gasteiger partial charge in [0.1, 0.15) is 0 Å². The third-order valence-electron chi connectivity index (χ3n) is 4.25. The molecule has 0 saturated heterocycles. The first-order chi connectivity index (χ1) is 7.14. The van der Waals surface area contributed by atoms with E-state index in [0.717, 1.165) is 0 Å². The van der Waals surface area contributed by atoms with E-state index in [4.69, 9.17) is 0 Å². The summed E-state index contributed by atoms with van der Waals surface area (Å²) in [6.45, 7) is 1.52. The van der Waals surface area contributed by atoms with E-state index >= 15 is 0 Å². The van der Waals surface area contributed by atoms with Gasteiger partial charge in [0.2, 0.25) is 0 Å². The molecule has 0 N–H and O–H groups in total. The molecule has 94 valence electrons. The zero-order valence-corrected chi connectivity index (χ0v) is 8.57. The molecular weight excluding hydrogens is 234 g/mol. The fourth-order valence-corrected chi connectivity index (χ4v) is 3.67. The van der Waals surface area contributed by atoms with Crippen molar-refractivity contribution in [2.45, 2.75) is 32.1 Å². The van der Waals surface area contributed by atoms with Crippen molar-refractivity contribution >= 4 is 0 Å². The van der Waals surface area contributed by atoms with Crippen LogP contribution < -0.4 is 0 Å². The first-order valence-corrected chi connectivity index (χ1v) is 5.27. The third-order valence-corrected chi connectivity index (χ3v) is 4.25. The lowest BCUT2D eigenvalue weighted by Gasteiger charge is -2.33. The minimum absolute atomic E-state index is 0.280. The number of alkyl halides is 6. The Balaban J connectivity index is 2.35. The molecule has 0 nitrogen and oxygen atoms in total. The molecule has 2 aliphatic rings. The number of hydrogen-bond acceptors (Lipinski definition) is 0. The van der Waals surface area contributed by atoms with Crippen LogP contribution in [0.5, 0.6) is 0 Å². The van der Waals surface area contributed by atoms with Gasteiger partial charge < -0.3 is 0 Å². The van der Waals surface area contributed by atoms with E-state index in [1.165, 1.54) is 6.92 Å². The Morgan fingerprint density at radius 1 is 0.750 bits per heavy atom. The Labute approximate surface area is 89.0 Å². The van der Waals surface area contributed by atoms with Gasteiger partial charge in [-0.1, -0.05) is 6.92 Å². The standard InChI is InChI=1S/C10H12F6/c1-4-5-2-3-6(4)8(10(14,15)16)7(5)9(11,12)13/h4-8H,2-3H2,1H3/t4-,5+,6-,7?,8?. The van der Waals surface area contributed by atoms with Crippen molar-refractivity contribution in [1.82, 2.24) is 0 Å². The third kappa shape index (κ3) is 1.61. The predicted octanol–water partition coefficient (Wildman–Crippen LogP) is 4.02. The van der Waals surface area contributed by atoms with Crippen molar-refractivity contribution in [3.05, 3.63) is 0 Å². The first-order valence-electron chi connectivity index (χ1n) is 5.27. The minimum Gasteiger partial charge on any atom is -0.171 e. The average molecular weight is 246 g/mol. The van der Waals surface area contributed by atoms with Gasteiger partial charge in [-0.2, -0.15) is 26.3 Å². The maximum atomic E-state index is 12.7. The van der Waals surface area contributed by atoms with Crippen LogP contribution >= 0.6 is 0 Å². The summed E-state index contributed by atoms with van der Waals surface area (Å²) in [7, 11) is 0. The molecular formula is C10H12F6. The van der Waals surface area contributed by atoms with Crippen LogP contribution in [-0.2, 0) is 0 Å². The second kappa shape index (κ2) is 3.29. The molecule has 2 saturated carbocycles. The Morgan fingerprint density at radius 3 is 1.31 bits per heavy atom. The number of fused-ring (bicyclic) bond motifs is 2. The molecule has 2 bridgehead atoms. The molecule has 0 aromatic carbocycles. The lowest BCUT2D eigenvalue weighted by atomic mass is 9.78. The summed E-state index contributed by atoms with van der Waals surface area (Å²) in [5.41, 5.74) is 0. The lowest BCUT2D eigenvalue weighted by Crippen LogP contribution is -2.42. The smallest absolute Gasteiger partial charge is 0.171 e. The Morgan fingerprint density at radius 2 is 1.06 bits per heavy atom. The highest BCUT2D eigenvalue weighted by Crippen LogP contribution is 2.64. The van der Waals surface area contributed by atoms with E-state index in [2.05, 4.69) is 0 Å². The fourth-order valence-electron chi connectivity index (χ4n) is 3.67. The number of rotatable bonds is 0. The predicted molar refractivity (Wildman–Crippen MR) is 44.5 cm³/mol. The second-order valence-electron chi connectivity index (χ2n) is 4.90. The van der Waals surface area contributed by atoms with E-state index in [9.17, 15) is 26.3 Å². The van der Waals surface area contributed by atoms with Gasteiger partial charge in [0, 0.05) is 0 Å². The van der Waals surface area contributed by atoms with Crippen LogP contribution in [0.1, 0.15) is 19.8 Å². The molecule has 2 unspecified atom stereocenters. The summed E-state index contributed by atoms with van der Waals surface area (Å²) in [6, 6.07) is 0. The molecule has 6 heteroatoms. The first kappa shape index (κ1) is 12.0. The summed E-state index contributed by atoms with van der Waals surface area (Å²) >= 11 is 0. The zero-order valence-electron chi connectivity index (χ0n) is 8.57. The van der Waals surface area contributed by atoms with Crippen LogP contribution in [0.15, 0.2) is 0 Å². The Bertz CT molecular complexity index is 250. The van der Waals surface area contributed by atoms with Crippen molar-refractivity contribution in [3.63, 3.8) is 0 Å². The van der Waals surface area contributed by atoms with Crippen molar-refractivity contribution in [2.24, 2.45) is 29.6 Å². The van der Waals surface area contributed by atoms with Crippen molar-refractivity contribution in [3.8, 4) is 0 Å². The molecule has 5 atom stereocenters. The molecule has 2 fully saturated rings. The van der Waals surface area contributed by atoms with Gasteiger partial charge in [-0.3, -0.25) is 0 Å². The van der Waals surface area contributed by atoms with Gasteiger partial charge in [-0.25, -0.2) is 0 Å². The van der Waals surface area contributed by atoms with Gasteiger partial charge in [0.25, 0.3) is 0 Å². The Hall–Kier alpha value is -0.420. The molecule has 2 aliphatic carbocycles. The SMILES string of the molecule is C[C@@H]1[C@@H]2CC[C@H]1C(C(F)(F)F)C2C(F)(F)F. The van der Waals surface area contributed by atoms with E-state index in [-0.39, 0.29) is 12.8 Å². The quantitative estimate of drug-likeness (QED) is 0.566. The molecule has 0 radical (unpaired) electrons. The van der Waals surface area contributed by atoms with Gasteiger partial charge in [0.15, 0.2) is 0 Å². The maximum absolute atomic E-state index is 12.7. The van der Waals surface area contributed by atoms with E-state index in [1.807, 2.05) is 0 Å². The second-order valence-corrected chi connectivity index (χ2v) is 4.90. The van der Waals surface area contributed by atoms with Crippen molar-refractivity contribution in [2.75, 3.05) is 0 Å². The minimum atomic E-state index is -4.73. The number of halogens is 6. The topological polar surface area (TPSA) is 0 Å². The summed E-state index contributed by atoms with van der Waals surface area (Å²) in [4.78, 5) is 0.